The van der Waals surface area contributed by atoms with Gasteiger partial charge in [-0.15, -0.1) is 0 Å². The fraction of sp³-hybridized carbons (Fsp3) is 1.00. The van der Waals surface area contributed by atoms with Crippen molar-refractivity contribution < 1.29 is 687 Å². The predicted molar refractivity (Wildman–Crippen MR) is 254 cm³/mol. The summed E-state index contributed by atoms with van der Waals surface area (Å²) in [5.74, 6) is 0. The predicted octanol–water partition coefficient (Wildman–Crippen LogP) is -58.9. The van der Waals surface area contributed by atoms with Gasteiger partial charge < -0.3 is 96.9 Å². The molecular formula is C24H28Na14O63S14. The van der Waals surface area contributed by atoms with Crippen LogP contribution in [-0.4, -0.2) is 331 Å². The SMILES string of the molecule is O=S(=O)([O-])OC[C@H]1O[C@@H](O[C@H]2[C@H](OS(=O)(=O)[O-])[C@@H](OS(=O)(=O)[O-])[C@H](OS(=O)(=O)[O-])O[C@@H]2COS(=O)(=O)[O-])[C@H](OS(=O)(=O)[O-])[C@@H](OS(=O)(=O)[O-])[C@@H]1O[C@@H]1O[C@H](COS(=O)(=O)[O-])[C@@H](O[C@@H]2O[C@H](COS(=O)(=O)[O-])[C@@H](OS(=O)(=O)[O-])[C@H](OS(=O)(=O)[O-])[C@H]2OS(=O)(=O)[O-])[C@H](OS(=O)(=O)[O-])[C@H]1OS(=O)(=O)[O-].[Na+].[Na+].[Na+].[Na+].[Na+].[Na+].[Na+].[Na+].[Na+].[Na+].[Na+].[Na+].[Na+].[Na+]. The van der Waals surface area contributed by atoms with Crippen molar-refractivity contribution in [3.05, 3.63) is 0 Å². The van der Waals surface area contributed by atoms with Crippen LogP contribution in [0.25, 0.3) is 0 Å². The summed E-state index contributed by atoms with van der Waals surface area (Å²) in [7, 11) is -95.4. The molecule has 0 radical (unpaired) electrons. The molecule has 20 atom stereocenters. The Morgan fingerprint density at radius 2 is 0.296 bits per heavy atom. The second-order valence-electron chi connectivity index (χ2n) is 18.0. The number of ether oxygens (including phenoxy) is 7. The minimum Gasteiger partial charge on any atom is -0.726 e. The Morgan fingerprint density at radius 3 is 0.461 bits per heavy atom. The van der Waals surface area contributed by atoms with Gasteiger partial charge in [-0.3, -0.25) is 54.4 Å². The summed E-state index contributed by atoms with van der Waals surface area (Å²) in [5, 5.41) is 0. The molecule has 4 aliphatic rings. The zero-order chi connectivity index (χ0) is 78.2. The largest absolute Gasteiger partial charge is 1.00 e. The fourth-order valence-corrected chi connectivity index (χ4v) is 14.3. The van der Waals surface area contributed by atoms with Crippen molar-refractivity contribution in [2.75, 3.05) is 26.4 Å². The number of hydrogen-bond acceptors (Lipinski definition) is 63. The molecule has 4 rings (SSSR count). The second-order valence-corrected chi connectivity index (χ2v) is 32.3. The van der Waals surface area contributed by atoms with Crippen LogP contribution in [0.5, 0.6) is 0 Å². The van der Waals surface area contributed by atoms with Gasteiger partial charge in [-0.2, -0.15) is 0 Å². The minimum atomic E-state index is -7.17. The van der Waals surface area contributed by atoms with Crippen molar-refractivity contribution >= 4 is 146 Å². The monoisotopic (exact) mass is 2090 g/mol. The van der Waals surface area contributed by atoms with Crippen LogP contribution < -0.4 is 414 Å². The molecule has 115 heavy (non-hydrogen) atoms. The van der Waals surface area contributed by atoms with E-state index in [1.165, 1.54) is 0 Å². The summed E-state index contributed by atoms with van der Waals surface area (Å²) in [6, 6.07) is 0. The van der Waals surface area contributed by atoms with Gasteiger partial charge >= 0.3 is 414 Å². The van der Waals surface area contributed by atoms with Crippen molar-refractivity contribution in [2.24, 2.45) is 0 Å². The minimum absolute atomic E-state index is 0. The molecule has 600 valence electrons. The van der Waals surface area contributed by atoms with Crippen LogP contribution in [0.4, 0.5) is 0 Å². The summed E-state index contributed by atoms with van der Waals surface area (Å²) in [6.07, 6.45) is -78.0. The Labute approximate surface area is 962 Å². The van der Waals surface area contributed by atoms with E-state index in [4.69, 9.17) is 28.4 Å². The van der Waals surface area contributed by atoms with Crippen LogP contribution in [0.2, 0.25) is 0 Å². The van der Waals surface area contributed by atoms with Crippen LogP contribution >= 0.6 is 0 Å². The van der Waals surface area contributed by atoms with Gasteiger partial charge in [0.05, 0.1) is 26.4 Å². The van der Waals surface area contributed by atoms with Crippen LogP contribution in [-0.2, 0) is 237 Å². The zero-order valence-corrected chi connectivity index (χ0v) is 99.2. The average Bonchev–Trinajstić information content (AvgIpc) is 0.751. The molecule has 4 saturated heterocycles. The standard InChI is InChI=1S/C24H42O63S14.14Na/c25-88(26,27)67-1-5-9(13(79-93(40,41)42)18(84-98(55,56)57)22(72-5)77-11-7(3-69-90(31,32)33)74-24(87-101(64,65)66)20(86-100(61,62)63)15(11)81-95(46,47)48)75-21-17(83-97(52,53)54)14(80-94(43,44)45)10(6(71-21)2-68-89(28,29)30)76-23-19(85-99(58,59)60)16(82-96(49,50)51)12(78-92(37,38)39)8(73-23)4-70-91(34,35)36;;;;;;;;;;;;;;/h5-24H,1-4H2,(H,25,26,27)(H,28,29,30)(H,31,32,33)(H,34,35,36)(H,37,38,39)(H,40,41,42)(H,43,44,45)(H,46,47,48)(H,49,50,51)(H,52,53,54)(H,55,56,57)(H,58,59,60)(H,61,62,63)(H,64,65,66);;;;;;;;;;;;;;/q;14*+1/p-14/t5-,6-,7-,8-,9-,10-,11-,12-,13+,14+,15+,16+,17-,18-,19-,20-,21+,22+,23+,24+;;;;;;;;;;;;;;/m1............../s1. The van der Waals surface area contributed by atoms with E-state index < -0.39 is 295 Å². The van der Waals surface area contributed by atoms with E-state index in [0.29, 0.717) is 0 Å². The third-order valence-electron chi connectivity index (χ3n) is 11.0. The summed E-state index contributed by atoms with van der Waals surface area (Å²) in [6.45, 7) is -10.0. The van der Waals surface area contributed by atoms with Crippen LogP contribution in [0.3, 0.4) is 0 Å². The molecule has 0 bridgehead atoms. The van der Waals surface area contributed by atoms with Gasteiger partial charge in [-0.25, -0.2) is 122 Å². The first-order chi connectivity index (χ1) is 44.7. The average molecular weight is 2100 g/mol. The molecule has 4 heterocycles. The molecule has 91 heteroatoms. The smallest absolute Gasteiger partial charge is 0.726 e. The Hall–Kier alpha value is 11.9. The molecule has 0 N–H and O–H groups in total. The third-order valence-corrected chi connectivity index (χ3v) is 17.3. The second kappa shape index (κ2) is 60.0. The topological polar surface area (TPSA) is 995 Å². The van der Waals surface area contributed by atoms with Gasteiger partial charge in [0.1, 0.15) is 73.2 Å². The molecule has 0 spiro atoms. The molecule has 0 aromatic heterocycles. The summed E-state index contributed by atoms with van der Waals surface area (Å²) < 4.78 is 596. The van der Waals surface area contributed by atoms with E-state index in [9.17, 15) is 182 Å². The third kappa shape index (κ3) is 61.1. The fourth-order valence-electron chi connectivity index (χ4n) is 8.32. The first kappa shape index (κ1) is 150. The maximum atomic E-state index is 12.6. The Morgan fingerprint density at radius 1 is 0.165 bits per heavy atom. The van der Waals surface area contributed by atoms with Gasteiger partial charge in [0.25, 0.3) is 0 Å². The molecule has 0 aromatic carbocycles. The van der Waals surface area contributed by atoms with Crippen molar-refractivity contribution in [1.82, 2.24) is 0 Å². The van der Waals surface area contributed by atoms with Crippen LogP contribution in [0, 0.1) is 0 Å². The van der Waals surface area contributed by atoms with Gasteiger partial charge in [-0.05, 0) is 0 Å². The van der Waals surface area contributed by atoms with Gasteiger partial charge in [-0.1, -0.05) is 0 Å². The van der Waals surface area contributed by atoms with E-state index in [-0.39, 0.29) is 414 Å². The molecule has 0 saturated carbocycles. The molecule has 4 aliphatic heterocycles. The van der Waals surface area contributed by atoms with E-state index in [1.54, 1.807) is 0 Å². The van der Waals surface area contributed by atoms with E-state index in [1.807, 2.05) is 0 Å². The summed E-state index contributed by atoms with van der Waals surface area (Å²) >= 11 is 0. The van der Waals surface area contributed by atoms with Crippen molar-refractivity contribution in [1.29, 1.82) is 0 Å². The first-order valence-corrected chi connectivity index (χ1v) is 41.8. The van der Waals surface area contributed by atoms with Crippen LogP contribution in [0.1, 0.15) is 0 Å². The number of rotatable bonds is 38. The summed E-state index contributed by atoms with van der Waals surface area (Å²) in [5.41, 5.74) is 0. The normalized spacial score (nSPS) is 28.5. The zero-order valence-electron chi connectivity index (χ0n) is 59.8. The van der Waals surface area contributed by atoms with Gasteiger partial charge in [0.2, 0.25) is 152 Å². The molecule has 63 nitrogen and oxygen atoms in total. The van der Waals surface area contributed by atoms with Crippen molar-refractivity contribution in [2.45, 2.75) is 123 Å². The Balaban J connectivity index is -0.000000858. The van der Waals surface area contributed by atoms with E-state index in [0.717, 1.165) is 0 Å². The van der Waals surface area contributed by atoms with Crippen molar-refractivity contribution in [3.8, 4) is 0 Å². The quantitative estimate of drug-likeness (QED) is 0.0315. The molecular weight excluding hydrogens is 2070 g/mol. The Kier molecular flexibility index (Phi) is 78.1. The van der Waals surface area contributed by atoms with E-state index >= 15 is 0 Å². The molecule has 0 amide bonds. The Bertz CT molecular complexity index is 4670. The summed E-state index contributed by atoms with van der Waals surface area (Å²) in [4.78, 5) is 0. The number of hydrogen-bond donors (Lipinski definition) is 0. The maximum absolute atomic E-state index is 12.6. The molecule has 0 aromatic rings. The molecule has 0 aliphatic carbocycles. The molecule has 4 fully saturated rings. The van der Waals surface area contributed by atoms with Gasteiger partial charge in [0.15, 0.2) is 43.3 Å². The first-order valence-electron chi connectivity index (χ1n) is 23.1. The maximum Gasteiger partial charge on any atom is 1.00 e. The van der Waals surface area contributed by atoms with Crippen LogP contribution in [0.15, 0.2) is 0 Å². The van der Waals surface area contributed by atoms with Gasteiger partial charge in [0, 0.05) is 0 Å². The molecule has 0 unspecified atom stereocenters. The van der Waals surface area contributed by atoms with E-state index in [2.05, 4.69) is 63.3 Å². The van der Waals surface area contributed by atoms with Crippen molar-refractivity contribution in [3.63, 3.8) is 0 Å².